The molecule has 0 saturated carbocycles. The summed E-state index contributed by atoms with van der Waals surface area (Å²) in [5.74, 6) is 2.96. The van der Waals surface area contributed by atoms with Crippen molar-refractivity contribution in [1.29, 1.82) is 0 Å². The largest absolute Gasteiger partial charge is 0.493 e. The summed E-state index contributed by atoms with van der Waals surface area (Å²) in [6.07, 6.45) is 12.0. The van der Waals surface area contributed by atoms with E-state index in [1.807, 2.05) is 48.9 Å². The average Bonchev–Trinajstić information content (AvgIpc) is 3.70. The molecule has 2 amide bonds. The standard InChI is InChI=1S/C50H60N2O10S2/c1-57-39-25-29-17-21-35(33-27-37(53)41(63-7)23-19-31(33)45(29)49(61-5)47(39)59-3)51-43(55)15-13-11-9-10-12-14-16-44(56)52-36-22-18-30-26-40(58-2)48(60-4)50(62-6)46(30)32-20-24-42(64-8)38(54)28-34(32)36/h19-20,23-28,35-36H,9-18,21-22H2,1-8H3,(H,51,55)(H,52,56)/t35-,36-/m0/s1. The summed E-state index contributed by atoms with van der Waals surface area (Å²) in [6, 6.07) is 14.0. The van der Waals surface area contributed by atoms with Crippen LogP contribution in [0.3, 0.4) is 0 Å². The Morgan fingerprint density at radius 3 is 1.25 bits per heavy atom. The molecule has 342 valence electrons. The van der Waals surface area contributed by atoms with E-state index in [0.29, 0.717) is 82.8 Å². The van der Waals surface area contributed by atoms with Crippen molar-refractivity contribution in [1.82, 2.24) is 10.6 Å². The maximum absolute atomic E-state index is 13.5. The predicted molar refractivity (Wildman–Crippen MR) is 255 cm³/mol. The van der Waals surface area contributed by atoms with Crippen molar-refractivity contribution >= 4 is 35.3 Å². The number of thioether (sulfide) groups is 2. The number of fused-ring (bicyclic) bond motifs is 6. The predicted octanol–water partition coefficient (Wildman–Crippen LogP) is 9.26. The van der Waals surface area contributed by atoms with Gasteiger partial charge in [0, 0.05) is 24.0 Å². The highest BCUT2D eigenvalue weighted by Gasteiger charge is 2.32. The van der Waals surface area contributed by atoms with Gasteiger partial charge in [-0.2, -0.15) is 0 Å². The van der Waals surface area contributed by atoms with Crippen molar-refractivity contribution in [2.75, 3.05) is 55.2 Å². The van der Waals surface area contributed by atoms with Gasteiger partial charge in [-0.25, -0.2) is 0 Å². The fraction of sp³-hybridized carbons (Fsp3) is 0.440. The zero-order valence-corrected chi connectivity index (χ0v) is 39.8. The van der Waals surface area contributed by atoms with Crippen LogP contribution in [0, 0.1) is 0 Å². The summed E-state index contributed by atoms with van der Waals surface area (Å²) < 4.78 is 34.6. The second-order valence-corrected chi connectivity index (χ2v) is 17.6. The molecular weight excluding hydrogens is 853 g/mol. The number of benzene rings is 2. The Kier molecular flexibility index (Phi) is 16.9. The minimum Gasteiger partial charge on any atom is -0.493 e. The molecule has 0 spiro atoms. The van der Waals surface area contributed by atoms with E-state index in [1.165, 1.54) is 23.5 Å². The average molecular weight is 913 g/mol. The Balaban J connectivity index is 1.03. The molecule has 4 aromatic carbocycles. The molecule has 6 rings (SSSR count). The number of methoxy groups -OCH3 is 6. The Labute approximate surface area is 384 Å². The molecule has 0 radical (unpaired) electrons. The van der Waals surface area contributed by atoms with Gasteiger partial charge in [-0.1, -0.05) is 37.8 Å². The van der Waals surface area contributed by atoms with E-state index in [4.69, 9.17) is 28.4 Å². The van der Waals surface area contributed by atoms with E-state index in [0.717, 1.165) is 83.0 Å². The molecule has 12 nitrogen and oxygen atoms in total. The first-order valence-corrected chi connectivity index (χ1v) is 24.2. The van der Waals surface area contributed by atoms with Gasteiger partial charge in [-0.3, -0.25) is 19.2 Å². The number of hydrogen-bond donors (Lipinski definition) is 2. The second-order valence-electron chi connectivity index (χ2n) is 15.9. The topological polar surface area (TPSA) is 148 Å². The molecule has 64 heavy (non-hydrogen) atoms. The molecule has 2 atom stereocenters. The summed E-state index contributed by atoms with van der Waals surface area (Å²) in [7, 11) is 9.49. The summed E-state index contributed by atoms with van der Waals surface area (Å²) in [6.45, 7) is 0. The van der Waals surface area contributed by atoms with Gasteiger partial charge in [0.1, 0.15) is 0 Å². The van der Waals surface area contributed by atoms with Crippen molar-refractivity contribution in [3.8, 4) is 56.8 Å². The van der Waals surface area contributed by atoms with Crippen molar-refractivity contribution in [2.45, 2.75) is 98.9 Å². The Morgan fingerprint density at radius 2 is 0.906 bits per heavy atom. The van der Waals surface area contributed by atoms with Crippen LogP contribution in [0.1, 0.15) is 98.5 Å². The van der Waals surface area contributed by atoms with Crippen LogP contribution < -0.4 is 49.9 Å². The van der Waals surface area contributed by atoms with Crippen molar-refractivity contribution in [3.63, 3.8) is 0 Å². The molecule has 2 N–H and O–H groups in total. The van der Waals surface area contributed by atoms with Gasteiger partial charge in [-0.15, -0.1) is 23.5 Å². The Hall–Kier alpha value is -5.34. The number of unbranched alkanes of at least 4 members (excludes halogenated alkanes) is 5. The van der Waals surface area contributed by atoms with E-state index in [9.17, 15) is 19.2 Å². The van der Waals surface area contributed by atoms with Crippen LogP contribution in [0.2, 0.25) is 0 Å². The van der Waals surface area contributed by atoms with Crippen LogP contribution in [0.4, 0.5) is 0 Å². The summed E-state index contributed by atoms with van der Waals surface area (Å²) in [4.78, 5) is 54.8. The quantitative estimate of drug-likeness (QED) is 0.0683. The molecule has 2 aliphatic rings. The lowest BCUT2D eigenvalue weighted by atomic mass is 9.95. The van der Waals surface area contributed by atoms with Crippen molar-refractivity contribution < 1.29 is 38.0 Å². The van der Waals surface area contributed by atoms with E-state index in [2.05, 4.69) is 10.6 Å². The lowest BCUT2D eigenvalue weighted by Crippen LogP contribution is -2.29. The molecule has 0 heterocycles. The van der Waals surface area contributed by atoms with Crippen LogP contribution in [-0.4, -0.2) is 67.0 Å². The number of hydrogen-bond acceptors (Lipinski definition) is 12. The normalized spacial score (nSPS) is 14.9. The maximum Gasteiger partial charge on any atom is 0.220 e. The lowest BCUT2D eigenvalue weighted by molar-refractivity contribution is -0.122. The molecule has 0 aromatic heterocycles. The summed E-state index contributed by atoms with van der Waals surface area (Å²) in [5.41, 5.74) is 6.53. The number of rotatable bonds is 19. The van der Waals surface area contributed by atoms with Crippen molar-refractivity contribution in [2.24, 2.45) is 0 Å². The third-order valence-corrected chi connectivity index (χ3v) is 13.7. The van der Waals surface area contributed by atoms with Gasteiger partial charge in [0.25, 0.3) is 0 Å². The highest BCUT2D eigenvalue weighted by atomic mass is 32.2. The first kappa shape index (κ1) is 48.1. The number of amides is 2. The van der Waals surface area contributed by atoms with Gasteiger partial charge in [0.05, 0.1) is 64.5 Å². The second kappa shape index (κ2) is 22.5. The smallest absolute Gasteiger partial charge is 0.220 e. The van der Waals surface area contributed by atoms with E-state index in [1.54, 1.807) is 54.8 Å². The van der Waals surface area contributed by atoms with E-state index < -0.39 is 0 Å². The Morgan fingerprint density at radius 1 is 0.531 bits per heavy atom. The molecule has 4 aromatic rings. The highest BCUT2D eigenvalue weighted by molar-refractivity contribution is 7.98. The van der Waals surface area contributed by atoms with Gasteiger partial charge >= 0.3 is 0 Å². The lowest BCUT2D eigenvalue weighted by Gasteiger charge is -2.20. The Bertz CT molecular complexity index is 2310. The molecule has 0 bridgehead atoms. The third-order valence-electron chi connectivity index (χ3n) is 12.2. The number of carbonyl (C=O) groups is 2. The maximum atomic E-state index is 13.5. The fourth-order valence-electron chi connectivity index (χ4n) is 9.04. The minimum absolute atomic E-state index is 0.0629. The SMILES string of the molecule is COc1cc2c(c(OC)c1OC)-c1ccc(SC)c(=O)cc1[C@@H](NC(=O)CCCCCCCCC(=O)N[C@H]1CCc3cc(OC)c(OC)c(OC)c3-c3ccc(SC)c(=O)cc31)CC2. The number of nitrogens with one attached hydrogen (secondary N) is 2. The van der Waals surface area contributed by atoms with Gasteiger partial charge in [0.15, 0.2) is 33.9 Å². The zero-order valence-electron chi connectivity index (χ0n) is 38.2. The van der Waals surface area contributed by atoms with Crippen LogP contribution in [0.25, 0.3) is 22.3 Å². The number of ether oxygens (including phenoxy) is 6. The summed E-state index contributed by atoms with van der Waals surface area (Å²) >= 11 is 2.77. The van der Waals surface area contributed by atoms with Gasteiger partial charge < -0.3 is 39.1 Å². The monoisotopic (exact) mass is 912 g/mol. The van der Waals surface area contributed by atoms with Gasteiger partial charge in [-0.05, 0) is 121 Å². The molecule has 14 heteroatoms. The van der Waals surface area contributed by atoms with Crippen LogP contribution >= 0.6 is 23.5 Å². The third kappa shape index (κ3) is 10.4. The molecule has 0 fully saturated rings. The zero-order chi connectivity index (χ0) is 45.9. The molecule has 0 saturated heterocycles. The molecule has 2 aliphatic carbocycles. The minimum atomic E-state index is -0.382. The molecular formula is C50H60N2O10S2. The summed E-state index contributed by atoms with van der Waals surface area (Å²) in [5, 5.41) is 6.51. The fourth-order valence-corrected chi connectivity index (χ4v) is 9.97. The van der Waals surface area contributed by atoms with E-state index in [-0.39, 0.29) is 34.8 Å². The number of aryl methyl sites for hydroxylation is 2. The van der Waals surface area contributed by atoms with Crippen LogP contribution in [0.5, 0.6) is 34.5 Å². The highest BCUT2D eigenvalue weighted by Crippen LogP contribution is 2.52. The molecule has 0 unspecified atom stereocenters. The van der Waals surface area contributed by atoms with Gasteiger partial charge in [0.2, 0.25) is 23.3 Å². The first-order chi connectivity index (χ1) is 31.0. The van der Waals surface area contributed by atoms with E-state index >= 15 is 0 Å². The van der Waals surface area contributed by atoms with Crippen molar-refractivity contribution in [3.05, 3.63) is 91.2 Å². The van der Waals surface area contributed by atoms with Crippen LogP contribution in [-0.2, 0) is 22.4 Å². The number of carbonyl (C=O) groups excluding carboxylic acids is 2. The first-order valence-electron chi connectivity index (χ1n) is 21.7. The molecule has 0 aliphatic heterocycles. The van der Waals surface area contributed by atoms with Crippen LogP contribution in [0.15, 0.2) is 67.9 Å².